The average Bonchev–Trinajstić information content (AvgIpc) is 0.811. The predicted molar refractivity (Wildman–Crippen MR) is 16.6 cm³/mol. The molecule has 4 radical (unpaired) electrons. The Morgan fingerprint density at radius 1 is 1.40 bits per heavy atom. The molecule has 0 unspecified atom stereocenters. The molecule has 0 atom stereocenters. The molecule has 0 spiro atoms. The molecule has 30 valence electrons. The Bertz CT molecular complexity index is 29.9. The molecular formula is H2GeO3Te. The molecule has 0 rings (SSSR count). The summed E-state index contributed by atoms with van der Waals surface area (Å²) in [4.78, 5) is 0. The van der Waals surface area contributed by atoms with Crippen molar-refractivity contribution in [1.82, 2.24) is 0 Å². The third-order valence-electron chi connectivity index (χ3n) is 0. The van der Waals surface area contributed by atoms with Crippen molar-refractivity contribution >= 4 is 38.0 Å². The van der Waals surface area contributed by atoms with Gasteiger partial charge in [0.2, 0.25) is 0 Å². The van der Waals surface area contributed by atoms with E-state index >= 15 is 0 Å². The monoisotopic (exact) mass is 254 g/mol. The summed E-state index contributed by atoms with van der Waals surface area (Å²) in [5.41, 5.74) is 0. The fraction of sp³-hybridized carbons (Fsp3) is 0. The van der Waals surface area contributed by atoms with E-state index < -0.39 is 20.4 Å². The Balaban J connectivity index is 0. The molecule has 0 amide bonds. The second-order valence-corrected chi connectivity index (χ2v) is 1.55. The summed E-state index contributed by atoms with van der Waals surface area (Å²) in [7, 11) is 0. The van der Waals surface area contributed by atoms with Crippen molar-refractivity contribution in [2.45, 2.75) is 0 Å². The fourth-order valence-electron chi connectivity index (χ4n) is 0. The van der Waals surface area contributed by atoms with Gasteiger partial charge in [-0.05, 0) is 0 Å². The van der Waals surface area contributed by atoms with E-state index in [0.29, 0.717) is 0 Å². The van der Waals surface area contributed by atoms with Crippen LogP contribution in [0.2, 0.25) is 0 Å². The molecule has 0 saturated carbocycles. The zero-order chi connectivity index (χ0) is 3.58. The van der Waals surface area contributed by atoms with Crippen LogP contribution in [-0.4, -0.2) is 44.9 Å². The minimum atomic E-state index is -3.61. The Labute approximate surface area is 48.1 Å². The molecule has 5 heavy (non-hydrogen) atoms. The topological polar surface area (TPSA) is 57.5 Å². The van der Waals surface area contributed by atoms with Gasteiger partial charge in [-0.1, -0.05) is 0 Å². The van der Waals surface area contributed by atoms with Gasteiger partial charge >= 0.3 is 30.4 Å². The van der Waals surface area contributed by atoms with Gasteiger partial charge in [-0.25, -0.2) is 0 Å². The van der Waals surface area contributed by atoms with Gasteiger partial charge in [0, 0.05) is 17.6 Å². The van der Waals surface area contributed by atoms with Crippen molar-refractivity contribution in [3.8, 4) is 0 Å². The summed E-state index contributed by atoms with van der Waals surface area (Å²) >= 11 is -3.61. The minimum Gasteiger partial charge on any atom is 0 e. The first-order valence-corrected chi connectivity index (χ1v) is 3.57. The van der Waals surface area contributed by atoms with Gasteiger partial charge in [-0.2, -0.15) is 0 Å². The summed E-state index contributed by atoms with van der Waals surface area (Å²) in [6, 6.07) is 0. The Hall–Kier alpha value is 1.05. The summed E-state index contributed by atoms with van der Waals surface area (Å²) in [5, 5.41) is 0. The maximum Gasteiger partial charge on any atom is 0 e. The van der Waals surface area contributed by atoms with Crippen molar-refractivity contribution in [3.05, 3.63) is 0 Å². The van der Waals surface area contributed by atoms with Crippen molar-refractivity contribution in [1.29, 1.82) is 0 Å². The van der Waals surface area contributed by atoms with Crippen LogP contribution in [0.4, 0.5) is 0 Å². The standard InChI is InChI=1S/Ge.H2O3Te/c;1-4(2)3/h;(H2,1,2,3). The van der Waals surface area contributed by atoms with Crippen LogP contribution in [0.3, 0.4) is 0 Å². The van der Waals surface area contributed by atoms with Crippen molar-refractivity contribution in [3.63, 3.8) is 0 Å². The molecule has 0 fully saturated rings. The van der Waals surface area contributed by atoms with E-state index in [9.17, 15) is 0 Å². The number of rotatable bonds is 0. The van der Waals surface area contributed by atoms with Gasteiger partial charge in [0.05, 0.1) is 0 Å². The van der Waals surface area contributed by atoms with Gasteiger partial charge in [0.1, 0.15) is 0 Å². The van der Waals surface area contributed by atoms with Crippen LogP contribution in [0.1, 0.15) is 0 Å². The van der Waals surface area contributed by atoms with E-state index in [-0.39, 0.29) is 17.6 Å². The summed E-state index contributed by atoms with van der Waals surface area (Å²) in [5.74, 6) is 0. The zero-order valence-corrected chi connectivity index (χ0v) is 6.64. The molecular weight excluding hydrogens is 248 g/mol. The number of hydrogen-bond donors (Lipinski definition) is 2. The molecule has 0 aliphatic rings. The van der Waals surface area contributed by atoms with Crippen LogP contribution in [0.5, 0.6) is 0 Å². The summed E-state index contributed by atoms with van der Waals surface area (Å²) in [6.07, 6.45) is 0. The van der Waals surface area contributed by atoms with E-state index in [0.717, 1.165) is 0 Å². The molecule has 2 N–H and O–H groups in total. The van der Waals surface area contributed by atoms with Crippen molar-refractivity contribution < 1.29 is 10.0 Å². The maximum atomic E-state index is 8.81. The van der Waals surface area contributed by atoms with Crippen LogP contribution in [0, 0.1) is 0 Å². The van der Waals surface area contributed by atoms with E-state index in [4.69, 9.17) is 10.0 Å². The molecule has 0 aliphatic heterocycles. The Kier molecular flexibility index (Phi) is 9.51. The smallest absolute Gasteiger partial charge is 0 e. The molecule has 0 aromatic carbocycles. The number of hydrogen-bond acceptors (Lipinski definition) is 1. The molecule has 0 saturated heterocycles. The van der Waals surface area contributed by atoms with Crippen LogP contribution in [-0.2, 0) is 3.10 Å². The van der Waals surface area contributed by atoms with E-state index in [2.05, 4.69) is 0 Å². The molecule has 0 aromatic heterocycles. The largest absolute Gasteiger partial charge is 0 e. The summed E-state index contributed by atoms with van der Waals surface area (Å²) < 4.78 is 23.3. The quantitative estimate of drug-likeness (QED) is 0.489. The minimum absolute atomic E-state index is 0. The molecule has 0 aromatic rings. The van der Waals surface area contributed by atoms with Gasteiger partial charge < -0.3 is 0 Å². The first-order valence-electron chi connectivity index (χ1n) is 0.532. The normalized spacial score (nSPS) is 7.00. The molecule has 0 heterocycles. The second-order valence-electron chi connectivity index (χ2n) is 0.231. The van der Waals surface area contributed by atoms with Gasteiger partial charge in [-0.15, -0.1) is 0 Å². The van der Waals surface area contributed by atoms with E-state index in [1.807, 2.05) is 0 Å². The van der Waals surface area contributed by atoms with Crippen LogP contribution in [0.15, 0.2) is 0 Å². The maximum absolute atomic E-state index is 8.81. The van der Waals surface area contributed by atoms with E-state index in [1.54, 1.807) is 0 Å². The van der Waals surface area contributed by atoms with Gasteiger partial charge in [0.15, 0.2) is 0 Å². The summed E-state index contributed by atoms with van der Waals surface area (Å²) in [6.45, 7) is 0. The Morgan fingerprint density at radius 3 is 1.40 bits per heavy atom. The average molecular weight is 250 g/mol. The van der Waals surface area contributed by atoms with Crippen LogP contribution in [0.25, 0.3) is 0 Å². The second kappa shape index (κ2) is 5.05. The fourth-order valence-corrected chi connectivity index (χ4v) is 0. The van der Waals surface area contributed by atoms with Crippen molar-refractivity contribution in [2.24, 2.45) is 0 Å². The molecule has 3 nitrogen and oxygen atoms in total. The van der Waals surface area contributed by atoms with E-state index in [1.165, 1.54) is 0 Å². The molecule has 5 heteroatoms. The first kappa shape index (κ1) is 9.41. The zero-order valence-electron chi connectivity index (χ0n) is 2.21. The SMILES string of the molecule is O=[Te](O)O.[Ge]. The van der Waals surface area contributed by atoms with Crippen LogP contribution >= 0.6 is 0 Å². The Morgan fingerprint density at radius 2 is 1.40 bits per heavy atom. The van der Waals surface area contributed by atoms with Crippen molar-refractivity contribution in [2.75, 3.05) is 0 Å². The van der Waals surface area contributed by atoms with Crippen LogP contribution < -0.4 is 0 Å². The molecule has 0 aliphatic carbocycles. The first-order chi connectivity index (χ1) is 1.73. The van der Waals surface area contributed by atoms with Gasteiger partial charge in [-0.3, -0.25) is 0 Å². The van der Waals surface area contributed by atoms with Gasteiger partial charge in [0.25, 0.3) is 0 Å². The molecule has 0 bridgehead atoms. The third kappa shape index (κ3) is 42.5. The third-order valence-corrected chi connectivity index (χ3v) is 0. The predicted octanol–water partition coefficient (Wildman–Crippen LogP) is -1.99.